The Kier molecular flexibility index (Phi) is 4.53. The number of fused-ring (bicyclic) bond motifs is 2. The summed E-state index contributed by atoms with van der Waals surface area (Å²) in [6, 6.07) is 12.6. The van der Waals surface area contributed by atoms with E-state index >= 15 is 0 Å². The fourth-order valence-corrected chi connectivity index (χ4v) is 3.99. The molecule has 2 aromatic rings. The maximum absolute atomic E-state index is 13.7. The van der Waals surface area contributed by atoms with Gasteiger partial charge in [-0.3, -0.25) is 4.79 Å². The second-order valence-electron chi connectivity index (χ2n) is 7.09. The minimum Gasteiger partial charge on any atom is -0.483 e. The zero-order valence-corrected chi connectivity index (χ0v) is 14.9. The third-order valence-corrected chi connectivity index (χ3v) is 5.37. The van der Waals surface area contributed by atoms with E-state index in [2.05, 4.69) is 5.10 Å². The first-order valence-electron chi connectivity index (χ1n) is 9.12. The van der Waals surface area contributed by atoms with Gasteiger partial charge in [-0.25, -0.2) is 0 Å². The Morgan fingerprint density at radius 3 is 2.75 bits per heavy atom. The predicted octanol–water partition coefficient (Wildman–Crippen LogP) is 3.86. The molecule has 28 heavy (non-hydrogen) atoms. The Morgan fingerprint density at radius 1 is 1.21 bits per heavy atom. The fourth-order valence-electron chi connectivity index (χ4n) is 3.99. The first-order valence-corrected chi connectivity index (χ1v) is 9.12. The molecule has 2 aromatic carbocycles. The smallest absolute Gasteiger partial charge is 0.439 e. The molecule has 0 bridgehead atoms. The SMILES string of the molecule is O=C(COc1cccc2ccccc12)N1N=C2CCCC[C@H]2[C@]1(O)C(F)(F)F. The van der Waals surface area contributed by atoms with Crippen LogP contribution in [-0.2, 0) is 4.79 Å². The van der Waals surface area contributed by atoms with Crippen LogP contribution < -0.4 is 4.74 Å². The Morgan fingerprint density at radius 2 is 1.96 bits per heavy atom. The average Bonchev–Trinajstić information content (AvgIpc) is 3.00. The summed E-state index contributed by atoms with van der Waals surface area (Å²) in [5.74, 6) is -1.87. The normalized spacial score (nSPS) is 24.8. The number of alkyl halides is 3. The van der Waals surface area contributed by atoms with Gasteiger partial charge in [0.25, 0.3) is 11.6 Å². The van der Waals surface area contributed by atoms with E-state index in [1.165, 1.54) is 0 Å². The van der Waals surface area contributed by atoms with Gasteiger partial charge in [0.05, 0.1) is 5.92 Å². The maximum Gasteiger partial charge on any atom is 0.439 e. The van der Waals surface area contributed by atoms with E-state index < -0.39 is 30.3 Å². The highest BCUT2D eigenvalue weighted by Gasteiger charge is 2.68. The zero-order valence-electron chi connectivity index (χ0n) is 14.9. The van der Waals surface area contributed by atoms with Crippen molar-refractivity contribution >= 4 is 22.4 Å². The summed E-state index contributed by atoms with van der Waals surface area (Å²) in [7, 11) is 0. The first kappa shape index (κ1) is 18.7. The van der Waals surface area contributed by atoms with E-state index in [1.54, 1.807) is 24.3 Å². The molecular formula is C20H19F3N2O3. The fraction of sp³-hybridized carbons (Fsp3) is 0.400. The van der Waals surface area contributed by atoms with Gasteiger partial charge in [-0.1, -0.05) is 42.8 Å². The largest absolute Gasteiger partial charge is 0.483 e. The van der Waals surface area contributed by atoms with Crippen LogP contribution in [0.2, 0.25) is 0 Å². The average molecular weight is 392 g/mol. The second-order valence-corrected chi connectivity index (χ2v) is 7.09. The van der Waals surface area contributed by atoms with Crippen molar-refractivity contribution in [3.63, 3.8) is 0 Å². The van der Waals surface area contributed by atoms with Crippen molar-refractivity contribution in [1.29, 1.82) is 0 Å². The topological polar surface area (TPSA) is 62.1 Å². The van der Waals surface area contributed by atoms with Crippen molar-refractivity contribution in [1.82, 2.24) is 5.01 Å². The van der Waals surface area contributed by atoms with Crippen LogP contribution in [0.15, 0.2) is 47.6 Å². The number of benzene rings is 2. The summed E-state index contributed by atoms with van der Waals surface area (Å²) in [5, 5.41) is 16.2. The van der Waals surface area contributed by atoms with Crippen LogP contribution in [-0.4, -0.2) is 40.2 Å². The zero-order chi connectivity index (χ0) is 19.9. The minimum atomic E-state index is -5.02. The molecule has 1 saturated carbocycles. The lowest BCUT2D eigenvalue weighted by Crippen LogP contribution is -2.62. The quantitative estimate of drug-likeness (QED) is 0.863. The number of hydrazone groups is 1. The van der Waals surface area contributed by atoms with E-state index in [0.717, 1.165) is 10.8 Å². The van der Waals surface area contributed by atoms with Crippen molar-refractivity contribution in [2.45, 2.75) is 37.6 Å². The van der Waals surface area contributed by atoms with E-state index in [0.29, 0.717) is 25.0 Å². The number of carbonyl (C=O) groups is 1. The number of ether oxygens (including phenoxy) is 1. The molecular weight excluding hydrogens is 373 g/mol. The highest BCUT2D eigenvalue weighted by molar-refractivity contribution is 5.94. The molecule has 1 amide bonds. The summed E-state index contributed by atoms with van der Waals surface area (Å²) < 4.78 is 46.7. The van der Waals surface area contributed by atoms with Gasteiger partial charge in [-0.05, 0) is 30.7 Å². The third kappa shape index (κ3) is 2.92. The predicted molar refractivity (Wildman–Crippen MR) is 96.7 cm³/mol. The Balaban J connectivity index is 1.59. The van der Waals surface area contributed by atoms with Crippen LogP contribution in [0.5, 0.6) is 5.75 Å². The number of hydrogen-bond donors (Lipinski definition) is 1. The Hall–Kier alpha value is -2.61. The molecule has 2 aliphatic rings. The lowest BCUT2D eigenvalue weighted by atomic mass is 9.80. The third-order valence-electron chi connectivity index (χ3n) is 5.37. The minimum absolute atomic E-state index is 0.142. The molecule has 0 unspecified atom stereocenters. The van der Waals surface area contributed by atoms with E-state index in [9.17, 15) is 23.1 Å². The summed E-state index contributed by atoms with van der Waals surface area (Å²) in [6.45, 7) is -0.657. The van der Waals surface area contributed by atoms with Gasteiger partial charge >= 0.3 is 6.18 Å². The van der Waals surface area contributed by atoms with Crippen molar-refractivity contribution < 1.29 is 27.8 Å². The van der Waals surface area contributed by atoms with E-state index in [-0.39, 0.29) is 17.1 Å². The van der Waals surface area contributed by atoms with Crippen molar-refractivity contribution in [3.05, 3.63) is 42.5 Å². The molecule has 1 fully saturated rings. The Bertz CT molecular complexity index is 938. The van der Waals surface area contributed by atoms with Crippen molar-refractivity contribution in [2.24, 2.45) is 11.0 Å². The van der Waals surface area contributed by atoms with Crippen LogP contribution in [0.25, 0.3) is 10.8 Å². The van der Waals surface area contributed by atoms with Crippen LogP contribution in [0, 0.1) is 5.92 Å². The molecule has 1 N–H and O–H groups in total. The van der Waals surface area contributed by atoms with Crippen molar-refractivity contribution in [3.8, 4) is 5.75 Å². The lowest BCUT2D eigenvalue weighted by molar-refractivity contribution is -0.317. The number of hydrogen-bond acceptors (Lipinski definition) is 4. The van der Waals surface area contributed by atoms with Gasteiger partial charge in [-0.15, -0.1) is 0 Å². The molecule has 2 atom stereocenters. The van der Waals surface area contributed by atoms with E-state index in [4.69, 9.17) is 4.74 Å². The first-order chi connectivity index (χ1) is 13.3. The number of aliphatic hydroxyl groups is 1. The maximum atomic E-state index is 13.7. The van der Waals surface area contributed by atoms with Crippen LogP contribution in [0.1, 0.15) is 25.7 Å². The number of nitrogens with zero attached hydrogens (tertiary/aromatic N) is 2. The highest BCUT2D eigenvalue weighted by Crippen LogP contribution is 2.48. The standard InChI is InChI=1S/C20H19F3N2O3/c21-20(22,23)19(27)15-9-3-4-10-16(15)24-25(19)18(26)12-28-17-11-5-7-13-6-1-2-8-14(13)17/h1-2,5-8,11,15,27H,3-4,9-10,12H2/t15-,19+/m1/s1. The summed E-state index contributed by atoms with van der Waals surface area (Å²) in [6.07, 6.45) is -3.29. The monoisotopic (exact) mass is 392 g/mol. The molecule has 1 aliphatic heterocycles. The summed E-state index contributed by atoms with van der Waals surface area (Å²) in [5.41, 5.74) is -3.09. The molecule has 0 aromatic heterocycles. The molecule has 1 aliphatic carbocycles. The molecule has 4 rings (SSSR count). The molecule has 5 nitrogen and oxygen atoms in total. The van der Waals surface area contributed by atoms with Crippen molar-refractivity contribution in [2.75, 3.05) is 6.61 Å². The number of amides is 1. The number of rotatable bonds is 3. The Labute approximate surface area is 159 Å². The van der Waals surface area contributed by atoms with Crippen LogP contribution in [0.4, 0.5) is 13.2 Å². The molecule has 8 heteroatoms. The lowest BCUT2D eigenvalue weighted by Gasteiger charge is -2.38. The van der Waals surface area contributed by atoms with Gasteiger partial charge in [0.2, 0.25) is 0 Å². The van der Waals surface area contributed by atoms with Gasteiger partial charge in [0, 0.05) is 11.1 Å². The molecule has 0 radical (unpaired) electrons. The molecule has 0 saturated heterocycles. The number of halogens is 3. The van der Waals surface area contributed by atoms with Gasteiger partial charge in [0.15, 0.2) is 6.61 Å². The van der Waals surface area contributed by atoms with Crippen LogP contribution >= 0.6 is 0 Å². The molecule has 148 valence electrons. The number of carbonyl (C=O) groups excluding carboxylic acids is 1. The van der Waals surface area contributed by atoms with Gasteiger partial charge in [-0.2, -0.15) is 23.3 Å². The summed E-state index contributed by atoms with van der Waals surface area (Å²) in [4.78, 5) is 12.6. The molecule has 0 spiro atoms. The van der Waals surface area contributed by atoms with Gasteiger partial charge < -0.3 is 9.84 Å². The molecule has 1 heterocycles. The van der Waals surface area contributed by atoms with Gasteiger partial charge in [0.1, 0.15) is 5.75 Å². The highest BCUT2D eigenvalue weighted by atomic mass is 19.4. The second kappa shape index (κ2) is 6.77. The summed E-state index contributed by atoms with van der Waals surface area (Å²) >= 11 is 0. The van der Waals surface area contributed by atoms with Crippen LogP contribution in [0.3, 0.4) is 0 Å². The van der Waals surface area contributed by atoms with E-state index in [1.807, 2.05) is 18.2 Å².